The van der Waals surface area contributed by atoms with Crippen LogP contribution in [0.15, 0.2) is 47.5 Å². The fourth-order valence-electron chi connectivity index (χ4n) is 4.01. The summed E-state index contributed by atoms with van der Waals surface area (Å²) in [6, 6.07) is 13.9. The molecule has 1 N–H and O–H groups in total. The lowest BCUT2D eigenvalue weighted by atomic mass is 10.1. The van der Waals surface area contributed by atoms with Gasteiger partial charge in [-0.2, -0.15) is 0 Å². The van der Waals surface area contributed by atoms with Gasteiger partial charge in [-0.1, -0.05) is 30.7 Å². The number of aliphatic imine (C=N–C) groups is 1. The number of amidine groups is 1. The monoisotopic (exact) mass is 547 g/mol. The fraction of sp³-hybridized carbons (Fsp3) is 0.375. The van der Waals surface area contributed by atoms with Gasteiger partial charge in [0.2, 0.25) is 11.8 Å². The maximum Gasteiger partial charge on any atom is 0.242 e. The summed E-state index contributed by atoms with van der Waals surface area (Å²) in [6.45, 7) is 4.14. The molecule has 4 rings (SSSR count). The smallest absolute Gasteiger partial charge is 0.242 e. The number of anilines is 1. The molecule has 2 aromatic carbocycles. The van der Waals surface area contributed by atoms with Crippen molar-refractivity contribution in [2.45, 2.75) is 57.2 Å². The Morgan fingerprint density at radius 3 is 2.52 bits per heavy atom. The summed E-state index contributed by atoms with van der Waals surface area (Å²) in [5.74, 6) is -0.136. The molecule has 2 fully saturated rings. The van der Waals surface area contributed by atoms with Gasteiger partial charge in [-0.15, -0.1) is 0 Å². The van der Waals surface area contributed by atoms with Gasteiger partial charge < -0.3 is 5.32 Å². The zero-order chi connectivity index (χ0) is 22.0. The average molecular weight is 547 g/mol. The third kappa shape index (κ3) is 5.31. The Morgan fingerprint density at radius 1 is 1.13 bits per heavy atom. The Kier molecular flexibility index (Phi) is 7.01. The number of carbonyl (C=O) groups excluding carboxylic acids is 2. The van der Waals surface area contributed by atoms with Crippen molar-refractivity contribution in [3.63, 3.8) is 0 Å². The summed E-state index contributed by atoms with van der Waals surface area (Å²) in [4.78, 5) is 32.6. The molecule has 31 heavy (non-hydrogen) atoms. The van der Waals surface area contributed by atoms with Gasteiger partial charge in [0, 0.05) is 21.7 Å². The number of aryl methyl sites for hydroxylation is 2. The summed E-state index contributed by atoms with van der Waals surface area (Å²) in [7, 11) is 0. The highest BCUT2D eigenvalue weighted by Crippen LogP contribution is 2.37. The molecule has 1 heterocycles. The summed E-state index contributed by atoms with van der Waals surface area (Å²) >= 11 is 3.65. The van der Waals surface area contributed by atoms with Crippen molar-refractivity contribution in [1.82, 2.24) is 4.90 Å². The molecular formula is C24H26IN3O2S. The van der Waals surface area contributed by atoms with Crippen LogP contribution in [0.1, 0.15) is 43.2 Å². The maximum absolute atomic E-state index is 13.3. The van der Waals surface area contributed by atoms with Crippen LogP contribution in [0.5, 0.6) is 0 Å². The Labute approximate surface area is 201 Å². The van der Waals surface area contributed by atoms with E-state index in [0.717, 1.165) is 45.8 Å². The predicted octanol–water partition coefficient (Wildman–Crippen LogP) is 5.81. The van der Waals surface area contributed by atoms with E-state index in [-0.39, 0.29) is 24.3 Å². The molecular weight excluding hydrogens is 521 g/mol. The van der Waals surface area contributed by atoms with Gasteiger partial charge in [0.05, 0.1) is 5.69 Å². The van der Waals surface area contributed by atoms with Crippen molar-refractivity contribution in [3.8, 4) is 0 Å². The van der Waals surface area contributed by atoms with Crippen molar-refractivity contribution in [1.29, 1.82) is 0 Å². The topological polar surface area (TPSA) is 61.8 Å². The Morgan fingerprint density at radius 2 is 1.84 bits per heavy atom. The van der Waals surface area contributed by atoms with Gasteiger partial charge in [0.1, 0.15) is 5.25 Å². The molecule has 2 aliphatic rings. The molecule has 1 saturated carbocycles. The van der Waals surface area contributed by atoms with E-state index in [0.29, 0.717) is 0 Å². The Bertz CT molecular complexity index is 1020. The first-order chi connectivity index (χ1) is 14.9. The molecule has 1 aliphatic carbocycles. The SMILES string of the molecule is Cc1ccc(N=C2S[C@H](CC(=O)Nc3ccc(I)cc3)C(=O)N2C2CCCC2)cc1C. The van der Waals surface area contributed by atoms with Crippen LogP contribution in [0, 0.1) is 17.4 Å². The quantitative estimate of drug-likeness (QED) is 0.481. The minimum Gasteiger partial charge on any atom is -0.326 e. The lowest BCUT2D eigenvalue weighted by molar-refractivity contribution is -0.129. The van der Waals surface area contributed by atoms with Gasteiger partial charge in [0.25, 0.3) is 0 Å². The lowest BCUT2D eigenvalue weighted by Crippen LogP contribution is -2.40. The number of hydrogen-bond donors (Lipinski definition) is 1. The van der Waals surface area contributed by atoms with E-state index in [1.807, 2.05) is 35.2 Å². The number of hydrogen-bond acceptors (Lipinski definition) is 4. The Balaban J connectivity index is 1.53. The third-order valence-electron chi connectivity index (χ3n) is 5.87. The van der Waals surface area contributed by atoms with Gasteiger partial charge in [0.15, 0.2) is 5.17 Å². The number of thioether (sulfide) groups is 1. The van der Waals surface area contributed by atoms with Gasteiger partial charge in [-0.25, -0.2) is 4.99 Å². The number of rotatable bonds is 5. The molecule has 0 unspecified atom stereocenters. The largest absolute Gasteiger partial charge is 0.326 e. The normalized spacial score (nSPS) is 20.6. The molecule has 0 aromatic heterocycles. The number of halogens is 1. The molecule has 2 aromatic rings. The second kappa shape index (κ2) is 9.73. The highest BCUT2D eigenvalue weighted by Gasteiger charge is 2.43. The number of nitrogens with one attached hydrogen (secondary N) is 1. The van der Waals surface area contributed by atoms with Crippen LogP contribution in [0.4, 0.5) is 11.4 Å². The van der Waals surface area contributed by atoms with Crippen LogP contribution >= 0.6 is 34.4 Å². The second-order valence-corrected chi connectivity index (χ2v) is 10.6. The first-order valence-corrected chi connectivity index (χ1v) is 12.6. The van der Waals surface area contributed by atoms with E-state index in [9.17, 15) is 9.59 Å². The molecule has 1 aliphatic heterocycles. The molecule has 0 spiro atoms. The van der Waals surface area contributed by atoms with Gasteiger partial charge in [-0.3, -0.25) is 14.5 Å². The van der Waals surface area contributed by atoms with Gasteiger partial charge in [-0.05, 0) is 96.8 Å². The molecule has 2 amide bonds. The minimum atomic E-state index is -0.435. The van der Waals surface area contributed by atoms with Crippen LogP contribution in [0.2, 0.25) is 0 Å². The molecule has 0 radical (unpaired) electrons. The molecule has 5 nitrogen and oxygen atoms in total. The highest BCUT2D eigenvalue weighted by atomic mass is 127. The molecule has 1 saturated heterocycles. The van der Waals surface area contributed by atoms with Crippen LogP contribution in [-0.2, 0) is 9.59 Å². The summed E-state index contributed by atoms with van der Waals surface area (Å²) in [6.07, 6.45) is 4.41. The third-order valence-corrected chi connectivity index (χ3v) is 7.74. The van der Waals surface area contributed by atoms with Crippen molar-refractivity contribution < 1.29 is 9.59 Å². The average Bonchev–Trinajstić information content (AvgIpc) is 3.35. The van der Waals surface area contributed by atoms with Crippen LogP contribution < -0.4 is 5.32 Å². The number of nitrogens with zero attached hydrogens (tertiary/aromatic N) is 2. The summed E-state index contributed by atoms with van der Waals surface area (Å²) in [5.41, 5.74) is 4.00. The van der Waals surface area contributed by atoms with Crippen LogP contribution in [0.3, 0.4) is 0 Å². The first kappa shape index (κ1) is 22.3. The zero-order valence-electron chi connectivity index (χ0n) is 17.7. The van der Waals surface area contributed by atoms with Crippen molar-refractivity contribution in [2.75, 3.05) is 5.32 Å². The fourth-order valence-corrected chi connectivity index (χ4v) is 5.58. The molecule has 0 bridgehead atoms. The molecule has 162 valence electrons. The second-order valence-electron chi connectivity index (χ2n) is 8.18. The van der Waals surface area contributed by atoms with E-state index in [1.54, 1.807) is 0 Å². The predicted molar refractivity (Wildman–Crippen MR) is 136 cm³/mol. The first-order valence-electron chi connectivity index (χ1n) is 10.6. The van der Waals surface area contributed by atoms with E-state index >= 15 is 0 Å². The van der Waals surface area contributed by atoms with E-state index in [2.05, 4.69) is 53.9 Å². The Hall–Kier alpha value is -1.87. The van der Waals surface area contributed by atoms with Gasteiger partial charge >= 0.3 is 0 Å². The van der Waals surface area contributed by atoms with E-state index in [4.69, 9.17) is 4.99 Å². The molecule has 1 atom stereocenters. The summed E-state index contributed by atoms with van der Waals surface area (Å²) in [5, 5.41) is 3.21. The standard InChI is InChI=1S/C24H26IN3O2S/c1-15-7-10-19(13-16(15)2)27-24-28(20-5-3-4-6-20)23(30)21(31-24)14-22(29)26-18-11-8-17(25)9-12-18/h7-13,20-21H,3-6,14H2,1-2H3,(H,26,29)/t21-/m1/s1. The van der Waals surface area contributed by atoms with Crippen LogP contribution in [-0.4, -0.2) is 33.2 Å². The number of benzene rings is 2. The minimum absolute atomic E-state index is 0.0113. The maximum atomic E-state index is 13.3. The zero-order valence-corrected chi connectivity index (χ0v) is 20.7. The van der Waals surface area contributed by atoms with Crippen molar-refractivity contribution in [3.05, 3.63) is 57.2 Å². The number of amides is 2. The van der Waals surface area contributed by atoms with Crippen molar-refractivity contribution >= 4 is 62.7 Å². The van der Waals surface area contributed by atoms with E-state index in [1.165, 1.54) is 22.9 Å². The number of carbonyl (C=O) groups is 2. The van der Waals surface area contributed by atoms with Crippen LogP contribution in [0.25, 0.3) is 0 Å². The molecule has 7 heteroatoms. The van der Waals surface area contributed by atoms with E-state index < -0.39 is 5.25 Å². The van der Waals surface area contributed by atoms with Crippen molar-refractivity contribution in [2.24, 2.45) is 4.99 Å². The highest BCUT2D eigenvalue weighted by molar-refractivity contribution is 14.1. The summed E-state index contributed by atoms with van der Waals surface area (Å²) < 4.78 is 1.11. The lowest BCUT2D eigenvalue weighted by Gasteiger charge is -2.23.